The Kier molecular flexibility index (Phi) is 8.30. The normalized spacial score (nSPS) is 17.3. The van der Waals surface area contributed by atoms with Crippen LogP contribution in [0.15, 0.2) is 72.8 Å². The van der Waals surface area contributed by atoms with Crippen molar-refractivity contribution < 1.29 is 17.9 Å². The van der Waals surface area contributed by atoms with E-state index in [1.54, 1.807) is 12.1 Å². The average Bonchev–Trinajstić information content (AvgIpc) is 2.95. The number of hydrogen-bond acceptors (Lipinski definition) is 6. The van der Waals surface area contributed by atoms with Crippen LogP contribution in [-0.4, -0.2) is 76.0 Å². The van der Waals surface area contributed by atoms with E-state index in [9.17, 15) is 13.2 Å². The molecule has 2 fully saturated rings. The van der Waals surface area contributed by atoms with E-state index in [1.165, 1.54) is 15.4 Å². The van der Waals surface area contributed by atoms with Crippen molar-refractivity contribution in [1.82, 2.24) is 13.9 Å². The van der Waals surface area contributed by atoms with Crippen LogP contribution in [0.4, 0.5) is 5.69 Å². The lowest BCUT2D eigenvalue weighted by atomic mass is 9.99. The average molecular weight is 555 g/mol. The first-order chi connectivity index (χ1) is 18.4. The van der Waals surface area contributed by atoms with Gasteiger partial charge in [0.15, 0.2) is 0 Å². The third-order valence-electron chi connectivity index (χ3n) is 6.97. The highest BCUT2D eigenvalue weighted by Gasteiger charge is 2.26. The van der Waals surface area contributed by atoms with E-state index in [0.717, 1.165) is 49.0 Å². The summed E-state index contributed by atoms with van der Waals surface area (Å²) in [6.45, 7) is 5.53. The maximum absolute atomic E-state index is 12.6. The summed E-state index contributed by atoms with van der Waals surface area (Å²) in [5.41, 5.74) is 4.98. The summed E-state index contributed by atoms with van der Waals surface area (Å²) in [5, 5.41) is 0.731. The summed E-state index contributed by atoms with van der Waals surface area (Å²) in [6, 6.07) is 23.5. The molecule has 8 nitrogen and oxygen atoms in total. The zero-order valence-electron chi connectivity index (χ0n) is 21.1. The molecule has 3 aromatic rings. The van der Waals surface area contributed by atoms with E-state index >= 15 is 0 Å². The lowest BCUT2D eigenvalue weighted by molar-refractivity contribution is 0.0719. The van der Waals surface area contributed by atoms with Crippen LogP contribution in [0, 0.1) is 0 Å². The quantitative estimate of drug-likeness (QED) is 0.480. The third-order valence-corrected chi connectivity index (χ3v) is 8.71. The van der Waals surface area contributed by atoms with Gasteiger partial charge in [0, 0.05) is 62.1 Å². The number of hydrogen-bond donors (Lipinski definition) is 1. The van der Waals surface area contributed by atoms with E-state index in [-0.39, 0.29) is 13.1 Å². The number of amides is 1. The second-order valence-electron chi connectivity index (χ2n) is 9.42. The number of morpholine rings is 1. The van der Waals surface area contributed by atoms with Gasteiger partial charge in [-0.15, -0.1) is 0 Å². The van der Waals surface area contributed by atoms with Crippen LogP contribution in [0.2, 0.25) is 5.02 Å². The highest BCUT2D eigenvalue weighted by molar-refractivity contribution is 7.87. The molecule has 0 spiro atoms. The first-order valence-electron chi connectivity index (χ1n) is 12.7. The van der Waals surface area contributed by atoms with Crippen molar-refractivity contribution in [3.8, 4) is 11.1 Å². The molecule has 0 bridgehead atoms. The zero-order valence-corrected chi connectivity index (χ0v) is 22.6. The Morgan fingerprint density at radius 2 is 1.50 bits per heavy atom. The van der Waals surface area contributed by atoms with Crippen molar-refractivity contribution >= 4 is 33.4 Å². The number of halogens is 1. The molecule has 1 N–H and O–H groups in total. The molecule has 1 amide bonds. The molecule has 38 heavy (non-hydrogen) atoms. The molecule has 3 aromatic carbocycles. The van der Waals surface area contributed by atoms with Crippen molar-refractivity contribution in [1.29, 1.82) is 0 Å². The van der Waals surface area contributed by atoms with Gasteiger partial charge in [-0.05, 0) is 53.1 Å². The maximum atomic E-state index is 12.6. The summed E-state index contributed by atoms with van der Waals surface area (Å²) in [6.07, 6.45) is 0. The fraction of sp³-hybridized carbons (Fsp3) is 0.321. The van der Waals surface area contributed by atoms with Crippen molar-refractivity contribution in [3.63, 3.8) is 0 Å². The monoisotopic (exact) mass is 554 g/mol. The largest absolute Gasteiger partial charge is 0.379 e. The minimum Gasteiger partial charge on any atom is -0.379 e. The van der Waals surface area contributed by atoms with Crippen molar-refractivity contribution in [2.45, 2.75) is 6.54 Å². The van der Waals surface area contributed by atoms with Gasteiger partial charge in [0.2, 0.25) is 0 Å². The van der Waals surface area contributed by atoms with Crippen LogP contribution < -0.4 is 9.62 Å². The lowest BCUT2D eigenvalue weighted by Crippen LogP contribution is -2.48. The summed E-state index contributed by atoms with van der Waals surface area (Å²) >= 11 is 6.08. The Morgan fingerprint density at radius 3 is 2.18 bits per heavy atom. The molecule has 2 saturated heterocycles. The van der Waals surface area contributed by atoms with Crippen LogP contribution in [0.5, 0.6) is 0 Å². The van der Waals surface area contributed by atoms with Crippen LogP contribution in [-0.2, 0) is 21.5 Å². The molecule has 200 valence electrons. The number of piperazine rings is 1. The van der Waals surface area contributed by atoms with Gasteiger partial charge in [0.05, 0.1) is 13.2 Å². The molecule has 0 saturated carbocycles. The highest BCUT2D eigenvalue weighted by Crippen LogP contribution is 2.27. The molecule has 0 aliphatic carbocycles. The topological polar surface area (TPSA) is 82.2 Å². The van der Waals surface area contributed by atoms with Gasteiger partial charge in [-0.3, -0.25) is 9.69 Å². The third kappa shape index (κ3) is 6.36. The standard InChI is InChI=1S/C28H31ClN4O4S/c29-25-9-5-22(6-10-25)27-4-2-1-3-24(27)21-31-13-15-32(16-14-31)26-11-7-23(8-12-26)28(34)30-38(35,36)33-17-19-37-20-18-33/h1-12H,13-21H2,(H,30,34). The smallest absolute Gasteiger partial charge is 0.304 e. The number of carbonyl (C=O) groups is 1. The number of nitrogens with one attached hydrogen (secondary N) is 1. The number of anilines is 1. The molecule has 0 unspecified atom stereocenters. The summed E-state index contributed by atoms with van der Waals surface area (Å²) in [7, 11) is -3.88. The Bertz CT molecular complexity index is 1350. The summed E-state index contributed by atoms with van der Waals surface area (Å²) < 4.78 is 33.5. The van der Waals surface area contributed by atoms with Crippen LogP contribution in [0.25, 0.3) is 11.1 Å². The van der Waals surface area contributed by atoms with E-state index in [4.69, 9.17) is 16.3 Å². The molecule has 5 rings (SSSR count). The molecule has 2 aliphatic heterocycles. The van der Waals surface area contributed by atoms with Gasteiger partial charge < -0.3 is 9.64 Å². The highest BCUT2D eigenvalue weighted by atomic mass is 35.5. The molecule has 10 heteroatoms. The van der Waals surface area contributed by atoms with E-state index in [0.29, 0.717) is 18.8 Å². The first-order valence-corrected chi connectivity index (χ1v) is 14.5. The Labute approximate surface area is 228 Å². The molecular formula is C28H31ClN4O4S. The number of carbonyl (C=O) groups excluding carboxylic acids is 1. The summed E-state index contributed by atoms with van der Waals surface area (Å²) in [4.78, 5) is 17.3. The van der Waals surface area contributed by atoms with E-state index in [1.807, 2.05) is 24.3 Å². The fourth-order valence-electron chi connectivity index (χ4n) is 4.83. The Balaban J connectivity index is 1.16. The number of benzene rings is 3. The fourth-order valence-corrected chi connectivity index (χ4v) is 6.06. The number of nitrogens with zero attached hydrogens (tertiary/aromatic N) is 3. The Hall–Kier alpha value is -2.95. The van der Waals surface area contributed by atoms with Crippen molar-refractivity contribution in [2.24, 2.45) is 0 Å². The van der Waals surface area contributed by atoms with Crippen LogP contribution in [0.1, 0.15) is 15.9 Å². The predicted molar refractivity (Wildman–Crippen MR) is 150 cm³/mol. The molecule has 2 aliphatic rings. The van der Waals surface area contributed by atoms with E-state index < -0.39 is 16.1 Å². The van der Waals surface area contributed by atoms with Crippen LogP contribution >= 0.6 is 11.6 Å². The number of rotatable bonds is 7. The summed E-state index contributed by atoms with van der Waals surface area (Å²) in [5.74, 6) is -0.632. The van der Waals surface area contributed by atoms with Gasteiger partial charge in [0.25, 0.3) is 5.91 Å². The van der Waals surface area contributed by atoms with Gasteiger partial charge in [-0.2, -0.15) is 12.7 Å². The SMILES string of the molecule is O=C(NS(=O)(=O)N1CCOCC1)c1ccc(N2CCN(Cc3ccccc3-c3ccc(Cl)cc3)CC2)cc1. The second kappa shape index (κ2) is 11.8. The molecular weight excluding hydrogens is 524 g/mol. The Morgan fingerprint density at radius 1 is 0.842 bits per heavy atom. The van der Waals surface area contributed by atoms with Gasteiger partial charge >= 0.3 is 10.2 Å². The lowest BCUT2D eigenvalue weighted by Gasteiger charge is -2.36. The van der Waals surface area contributed by atoms with Crippen molar-refractivity contribution in [2.75, 3.05) is 57.4 Å². The minimum atomic E-state index is -3.88. The van der Waals surface area contributed by atoms with Gasteiger partial charge in [0.1, 0.15) is 0 Å². The molecule has 0 aromatic heterocycles. The predicted octanol–water partition coefficient (Wildman–Crippen LogP) is 3.64. The molecule has 0 radical (unpaired) electrons. The van der Waals surface area contributed by atoms with Crippen LogP contribution in [0.3, 0.4) is 0 Å². The van der Waals surface area contributed by atoms with Crippen molar-refractivity contribution in [3.05, 3.63) is 88.9 Å². The van der Waals surface area contributed by atoms with Gasteiger partial charge in [-0.1, -0.05) is 48.0 Å². The number of ether oxygens (including phenoxy) is 1. The maximum Gasteiger partial charge on any atom is 0.304 e. The zero-order chi connectivity index (χ0) is 26.5. The molecule has 0 atom stereocenters. The van der Waals surface area contributed by atoms with E-state index in [2.05, 4.69) is 50.9 Å². The first kappa shape index (κ1) is 26.6. The van der Waals surface area contributed by atoms with Gasteiger partial charge in [-0.25, -0.2) is 4.72 Å². The minimum absolute atomic E-state index is 0.236. The second-order valence-corrected chi connectivity index (χ2v) is 11.5. The molecule has 2 heterocycles.